The Kier molecular flexibility index (Phi) is 3.36. The maximum absolute atomic E-state index is 8.90. The van der Waals surface area contributed by atoms with Crippen LogP contribution in [0.3, 0.4) is 0 Å². The molecular formula is C16H12N4O. The highest BCUT2D eigenvalue weighted by molar-refractivity contribution is 5.41. The number of nitrogens with zero attached hydrogens (tertiary/aromatic N) is 4. The second-order valence-electron chi connectivity index (χ2n) is 4.46. The fraction of sp³-hybridized carbons (Fsp3) is 0.0625. The molecule has 0 spiro atoms. The number of benzene rings is 2. The smallest absolute Gasteiger partial charge is 0.186 e. The van der Waals surface area contributed by atoms with Crippen molar-refractivity contribution in [3.05, 3.63) is 66.0 Å². The fourth-order valence-corrected chi connectivity index (χ4v) is 1.96. The van der Waals surface area contributed by atoms with E-state index < -0.39 is 0 Å². The van der Waals surface area contributed by atoms with E-state index in [4.69, 9.17) is 10.00 Å². The van der Waals surface area contributed by atoms with Gasteiger partial charge in [-0.1, -0.05) is 23.4 Å². The molecule has 0 fully saturated rings. The molecule has 0 bridgehead atoms. The number of para-hydroxylation sites is 1. The molecule has 0 atom stereocenters. The first-order valence-electron chi connectivity index (χ1n) is 6.43. The third-order valence-corrected chi connectivity index (χ3v) is 3.06. The Morgan fingerprint density at radius 3 is 2.29 bits per heavy atom. The van der Waals surface area contributed by atoms with Gasteiger partial charge in [-0.2, -0.15) is 5.26 Å². The van der Waals surface area contributed by atoms with Crippen LogP contribution in [0.25, 0.3) is 5.69 Å². The zero-order valence-electron chi connectivity index (χ0n) is 11.4. The second kappa shape index (κ2) is 5.47. The Morgan fingerprint density at radius 2 is 1.67 bits per heavy atom. The van der Waals surface area contributed by atoms with Gasteiger partial charge in [0.05, 0.1) is 11.4 Å². The van der Waals surface area contributed by atoms with E-state index in [1.54, 1.807) is 4.68 Å². The van der Waals surface area contributed by atoms with Crippen LogP contribution in [-0.4, -0.2) is 15.0 Å². The molecule has 3 rings (SSSR count). The maximum atomic E-state index is 8.90. The van der Waals surface area contributed by atoms with Gasteiger partial charge in [0.25, 0.3) is 0 Å². The van der Waals surface area contributed by atoms with Crippen LogP contribution in [-0.2, 0) is 0 Å². The minimum absolute atomic E-state index is 0.333. The first kappa shape index (κ1) is 12.9. The number of ether oxygens (including phenoxy) is 1. The average molecular weight is 276 g/mol. The molecule has 1 heterocycles. The molecule has 0 unspecified atom stereocenters. The number of aromatic nitrogens is 3. The molecule has 0 radical (unpaired) electrons. The minimum Gasteiger partial charge on any atom is -0.457 e. The van der Waals surface area contributed by atoms with Gasteiger partial charge in [-0.05, 0) is 43.3 Å². The molecule has 1 aromatic heterocycles. The highest BCUT2D eigenvalue weighted by Gasteiger charge is 2.09. The van der Waals surface area contributed by atoms with Gasteiger partial charge in [0.1, 0.15) is 17.6 Å². The second-order valence-corrected chi connectivity index (χ2v) is 4.46. The van der Waals surface area contributed by atoms with Crippen molar-refractivity contribution < 1.29 is 4.74 Å². The standard InChI is InChI=1S/C16H12N4O/c1-12-16(11-17)18-19-20(12)13-7-9-15(10-8-13)21-14-5-3-2-4-6-14/h2-10H,1H3. The summed E-state index contributed by atoms with van der Waals surface area (Å²) >= 11 is 0. The molecule has 5 nitrogen and oxygen atoms in total. The van der Waals surface area contributed by atoms with Crippen LogP contribution >= 0.6 is 0 Å². The largest absolute Gasteiger partial charge is 0.457 e. The van der Waals surface area contributed by atoms with Crippen molar-refractivity contribution in [3.8, 4) is 23.3 Å². The Bertz CT molecular complexity index is 785. The zero-order chi connectivity index (χ0) is 14.7. The normalized spacial score (nSPS) is 10.1. The van der Waals surface area contributed by atoms with Gasteiger partial charge in [-0.3, -0.25) is 0 Å². The summed E-state index contributed by atoms with van der Waals surface area (Å²) in [6, 6.07) is 19.1. The first-order chi connectivity index (χ1) is 10.3. The molecule has 2 aromatic carbocycles. The lowest BCUT2D eigenvalue weighted by atomic mass is 10.3. The summed E-state index contributed by atoms with van der Waals surface area (Å²) in [6.45, 7) is 1.81. The van der Waals surface area contributed by atoms with Gasteiger partial charge in [0.15, 0.2) is 5.69 Å². The Balaban J connectivity index is 1.84. The van der Waals surface area contributed by atoms with E-state index >= 15 is 0 Å². The van der Waals surface area contributed by atoms with Crippen LogP contribution in [0.15, 0.2) is 54.6 Å². The monoisotopic (exact) mass is 276 g/mol. The van der Waals surface area contributed by atoms with Crippen LogP contribution in [0.2, 0.25) is 0 Å². The van der Waals surface area contributed by atoms with Gasteiger partial charge in [0, 0.05) is 0 Å². The summed E-state index contributed by atoms with van der Waals surface area (Å²) in [4.78, 5) is 0. The summed E-state index contributed by atoms with van der Waals surface area (Å²) < 4.78 is 7.36. The van der Waals surface area contributed by atoms with E-state index in [-0.39, 0.29) is 0 Å². The lowest BCUT2D eigenvalue weighted by Crippen LogP contribution is -1.99. The number of hydrogen-bond acceptors (Lipinski definition) is 4. The lowest BCUT2D eigenvalue weighted by molar-refractivity contribution is 0.482. The molecular weight excluding hydrogens is 264 g/mol. The summed E-state index contributed by atoms with van der Waals surface area (Å²) in [5.74, 6) is 1.53. The SMILES string of the molecule is Cc1c(C#N)nnn1-c1ccc(Oc2ccccc2)cc1. The van der Waals surface area contributed by atoms with E-state index in [0.717, 1.165) is 17.2 Å². The Hall–Kier alpha value is -3.13. The Labute approximate surface area is 122 Å². The molecule has 21 heavy (non-hydrogen) atoms. The fourth-order valence-electron chi connectivity index (χ4n) is 1.96. The van der Waals surface area contributed by atoms with Gasteiger partial charge in [0.2, 0.25) is 0 Å². The highest BCUT2D eigenvalue weighted by Crippen LogP contribution is 2.22. The lowest BCUT2D eigenvalue weighted by Gasteiger charge is -2.07. The van der Waals surface area contributed by atoms with Gasteiger partial charge < -0.3 is 4.74 Å². The van der Waals surface area contributed by atoms with E-state index in [0.29, 0.717) is 11.4 Å². The van der Waals surface area contributed by atoms with Gasteiger partial charge >= 0.3 is 0 Å². The van der Waals surface area contributed by atoms with Crippen molar-refractivity contribution in [2.45, 2.75) is 6.92 Å². The molecule has 102 valence electrons. The third kappa shape index (κ3) is 2.60. The van der Waals surface area contributed by atoms with Crippen LogP contribution < -0.4 is 4.74 Å². The highest BCUT2D eigenvalue weighted by atomic mass is 16.5. The van der Waals surface area contributed by atoms with E-state index in [1.165, 1.54) is 0 Å². The zero-order valence-corrected chi connectivity index (χ0v) is 11.4. The molecule has 0 aliphatic heterocycles. The van der Waals surface area contributed by atoms with Crippen molar-refractivity contribution in [1.82, 2.24) is 15.0 Å². The molecule has 0 aliphatic rings. The molecule has 0 saturated heterocycles. The van der Waals surface area contributed by atoms with Crippen LogP contribution in [0.5, 0.6) is 11.5 Å². The van der Waals surface area contributed by atoms with E-state index in [1.807, 2.05) is 67.6 Å². The predicted molar refractivity (Wildman–Crippen MR) is 77.3 cm³/mol. The number of hydrogen-bond donors (Lipinski definition) is 0. The maximum Gasteiger partial charge on any atom is 0.186 e. The van der Waals surface area contributed by atoms with Crippen LogP contribution in [0.4, 0.5) is 0 Å². The van der Waals surface area contributed by atoms with Gasteiger partial charge in [-0.25, -0.2) is 4.68 Å². The van der Waals surface area contributed by atoms with Crippen molar-refractivity contribution in [1.29, 1.82) is 5.26 Å². The first-order valence-corrected chi connectivity index (χ1v) is 6.43. The molecule has 0 saturated carbocycles. The van der Waals surface area contributed by atoms with Crippen molar-refractivity contribution >= 4 is 0 Å². The molecule has 0 amide bonds. The molecule has 0 N–H and O–H groups in total. The third-order valence-electron chi connectivity index (χ3n) is 3.06. The number of rotatable bonds is 3. The predicted octanol–water partition coefficient (Wildman–Crippen LogP) is 3.24. The summed E-state index contributed by atoms with van der Waals surface area (Å²) in [5, 5.41) is 16.7. The van der Waals surface area contributed by atoms with E-state index in [9.17, 15) is 0 Å². The Morgan fingerprint density at radius 1 is 1.00 bits per heavy atom. The average Bonchev–Trinajstić information content (AvgIpc) is 2.90. The summed E-state index contributed by atoms with van der Waals surface area (Å²) in [5.41, 5.74) is 1.88. The summed E-state index contributed by atoms with van der Waals surface area (Å²) in [6.07, 6.45) is 0. The topological polar surface area (TPSA) is 63.7 Å². The molecule has 0 aliphatic carbocycles. The number of nitriles is 1. The van der Waals surface area contributed by atoms with Crippen molar-refractivity contribution in [3.63, 3.8) is 0 Å². The molecule has 5 heteroatoms. The van der Waals surface area contributed by atoms with Crippen molar-refractivity contribution in [2.75, 3.05) is 0 Å². The molecule has 3 aromatic rings. The minimum atomic E-state index is 0.333. The van der Waals surface area contributed by atoms with Gasteiger partial charge in [-0.15, -0.1) is 5.10 Å². The van der Waals surface area contributed by atoms with Crippen LogP contribution in [0.1, 0.15) is 11.4 Å². The van der Waals surface area contributed by atoms with Crippen molar-refractivity contribution in [2.24, 2.45) is 0 Å². The van der Waals surface area contributed by atoms with E-state index in [2.05, 4.69) is 10.3 Å². The summed E-state index contributed by atoms with van der Waals surface area (Å²) in [7, 11) is 0. The van der Waals surface area contributed by atoms with Crippen LogP contribution in [0, 0.1) is 18.3 Å². The quantitative estimate of drug-likeness (QED) is 0.736.